The van der Waals surface area contributed by atoms with Crippen LogP contribution in [0.15, 0.2) is 23.1 Å². The van der Waals surface area contributed by atoms with Gasteiger partial charge in [0.05, 0.1) is 19.1 Å². The highest BCUT2D eigenvalue weighted by Gasteiger charge is 2.46. The highest BCUT2D eigenvalue weighted by molar-refractivity contribution is 7.89. The van der Waals surface area contributed by atoms with E-state index in [-0.39, 0.29) is 18.0 Å². The summed E-state index contributed by atoms with van der Waals surface area (Å²) in [6.45, 7) is 3.18. The third-order valence-electron chi connectivity index (χ3n) is 3.59. The van der Waals surface area contributed by atoms with E-state index in [1.807, 2.05) is 0 Å². The molecule has 1 aliphatic rings. The van der Waals surface area contributed by atoms with Gasteiger partial charge in [-0.2, -0.15) is 4.31 Å². The van der Waals surface area contributed by atoms with E-state index in [1.165, 1.54) is 46.3 Å². The van der Waals surface area contributed by atoms with Crippen LogP contribution < -0.4 is 9.47 Å². The standard InChI is InChI=1S/C14H19NO6S/c1-14(2)13(16)21-8-7-15(14)22(17,18)10-5-6-11(19-3)12(9-10)20-4/h5-6,9H,7-8H2,1-4H3. The molecule has 0 aromatic heterocycles. The van der Waals surface area contributed by atoms with Gasteiger partial charge in [0.1, 0.15) is 12.1 Å². The van der Waals surface area contributed by atoms with Gasteiger partial charge in [0.2, 0.25) is 10.0 Å². The average Bonchev–Trinajstić information content (AvgIpc) is 2.48. The lowest BCUT2D eigenvalue weighted by atomic mass is 10.1. The van der Waals surface area contributed by atoms with Crippen molar-refractivity contribution in [2.75, 3.05) is 27.4 Å². The molecule has 0 bridgehead atoms. The summed E-state index contributed by atoms with van der Waals surface area (Å²) in [5.41, 5.74) is -1.26. The van der Waals surface area contributed by atoms with Crippen molar-refractivity contribution < 1.29 is 27.4 Å². The van der Waals surface area contributed by atoms with Crippen molar-refractivity contribution in [2.24, 2.45) is 0 Å². The third-order valence-corrected chi connectivity index (χ3v) is 5.66. The van der Waals surface area contributed by atoms with Crippen LogP contribution in [0.25, 0.3) is 0 Å². The van der Waals surface area contributed by atoms with Gasteiger partial charge in [0.25, 0.3) is 0 Å². The Hall–Kier alpha value is -1.80. The topological polar surface area (TPSA) is 82.1 Å². The number of ether oxygens (including phenoxy) is 3. The normalized spacial score (nSPS) is 18.6. The molecule has 1 saturated heterocycles. The molecule has 8 heteroatoms. The maximum absolute atomic E-state index is 12.8. The summed E-state index contributed by atoms with van der Waals surface area (Å²) in [7, 11) is -0.968. The SMILES string of the molecule is COc1ccc(S(=O)(=O)N2CCOC(=O)C2(C)C)cc1OC. The second-order valence-electron chi connectivity index (χ2n) is 5.29. The number of benzene rings is 1. The van der Waals surface area contributed by atoms with Crippen molar-refractivity contribution in [3.05, 3.63) is 18.2 Å². The largest absolute Gasteiger partial charge is 0.493 e. The number of hydrogen-bond donors (Lipinski definition) is 0. The number of nitrogens with zero attached hydrogens (tertiary/aromatic N) is 1. The summed E-state index contributed by atoms with van der Waals surface area (Å²) in [5.74, 6) is 0.169. The molecule has 1 aromatic rings. The van der Waals surface area contributed by atoms with Crippen molar-refractivity contribution in [2.45, 2.75) is 24.3 Å². The van der Waals surface area contributed by atoms with Crippen LogP contribution in [0.2, 0.25) is 0 Å². The smallest absolute Gasteiger partial charge is 0.327 e. The van der Waals surface area contributed by atoms with E-state index in [0.29, 0.717) is 11.5 Å². The lowest BCUT2D eigenvalue weighted by Gasteiger charge is -2.38. The molecule has 1 heterocycles. The van der Waals surface area contributed by atoms with Crippen LogP contribution in [0.1, 0.15) is 13.8 Å². The quantitative estimate of drug-likeness (QED) is 0.767. The molecule has 1 aromatic carbocycles. The van der Waals surface area contributed by atoms with E-state index in [1.54, 1.807) is 0 Å². The molecule has 0 radical (unpaired) electrons. The van der Waals surface area contributed by atoms with Gasteiger partial charge in [-0.15, -0.1) is 0 Å². The fourth-order valence-corrected chi connectivity index (χ4v) is 4.04. The van der Waals surface area contributed by atoms with Gasteiger partial charge in [-0.05, 0) is 26.0 Å². The zero-order valence-corrected chi connectivity index (χ0v) is 13.8. The molecule has 122 valence electrons. The van der Waals surface area contributed by atoms with E-state index in [0.717, 1.165) is 4.31 Å². The molecule has 1 fully saturated rings. The zero-order valence-electron chi connectivity index (χ0n) is 13.0. The number of esters is 1. The number of carbonyl (C=O) groups excluding carboxylic acids is 1. The number of sulfonamides is 1. The van der Waals surface area contributed by atoms with Gasteiger partial charge >= 0.3 is 5.97 Å². The first-order valence-electron chi connectivity index (χ1n) is 6.67. The second kappa shape index (κ2) is 5.77. The predicted molar refractivity (Wildman–Crippen MR) is 78.5 cm³/mol. The first kappa shape index (κ1) is 16.6. The van der Waals surface area contributed by atoms with Crippen LogP contribution >= 0.6 is 0 Å². The minimum Gasteiger partial charge on any atom is -0.493 e. The summed E-state index contributed by atoms with van der Waals surface area (Å²) < 4.78 is 42.0. The molecule has 0 aliphatic carbocycles. The highest BCUT2D eigenvalue weighted by atomic mass is 32.2. The summed E-state index contributed by atoms with van der Waals surface area (Å²) >= 11 is 0. The molecule has 2 rings (SSSR count). The van der Waals surface area contributed by atoms with Crippen LogP contribution in [-0.4, -0.2) is 51.6 Å². The lowest BCUT2D eigenvalue weighted by molar-refractivity contribution is -0.160. The number of morpholine rings is 1. The molecule has 22 heavy (non-hydrogen) atoms. The van der Waals surface area contributed by atoms with E-state index >= 15 is 0 Å². The van der Waals surface area contributed by atoms with Crippen molar-refractivity contribution in [1.29, 1.82) is 0 Å². The molecule has 0 amide bonds. The molecule has 0 N–H and O–H groups in total. The fourth-order valence-electron chi connectivity index (χ4n) is 2.30. The van der Waals surface area contributed by atoms with Gasteiger partial charge < -0.3 is 14.2 Å². The van der Waals surface area contributed by atoms with Gasteiger partial charge in [-0.3, -0.25) is 4.79 Å². The van der Waals surface area contributed by atoms with E-state index in [2.05, 4.69) is 0 Å². The van der Waals surface area contributed by atoms with Crippen molar-refractivity contribution in [3.63, 3.8) is 0 Å². The first-order valence-corrected chi connectivity index (χ1v) is 8.11. The van der Waals surface area contributed by atoms with Gasteiger partial charge in [-0.25, -0.2) is 8.42 Å². The summed E-state index contributed by atoms with van der Waals surface area (Å²) in [6, 6.07) is 4.32. The maximum atomic E-state index is 12.8. The molecule has 1 aliphatic heterocycles. The Bertz CT molecular complexity index is 683. The summed E-state index contributed by atoms with van der Waals surface area (Å²) in [5, 5.41) is 0. The first-order chi connectivity index (χ1) is 10.2. The average molecular weight is 329 g/mol. The molecule has 0 unspecified atom stereocenters. The maximum Gasteiger partial charge on any atom is 0.327 e. The number of methoxy groups -OCH3 is 2. The van der Waals surface area contributed by atoms with Crippen molar-refractivity contribution in [3.8, 4) is 11.5 Å². The molecular weight excluding hydrogens is 310 g/mol. The third kappa shape index (κ3) is 2.64. The van der Waals surface area contributed by atoms with Crippen LogP contribution in [0.3, 0.4) is 0 Å². The van der Waals surface area contributed by atoms with Crippen LogP contribution in [0.5, 0.6) is 11.5 Å². The molecule has 0 saturated carbocycles. The highest BCUT2D eigenvalue weighted by Crippen LogP contribution is 2.33. The second-order valence-corrected chi connectivity index (χ2v) is 7.15. The molecule has 7 nitrogen and oxygen atoms in total. The Kier molecular flexibility index (Phi) is 4.35. The van der Waals surface area contributed by atoms with Gasteiger partial charge in [0, 0.05) is 12.6 Å². The van der Waals surface area contributed by atoms with Crippen LogP contribution in [-0.2, 0) is 19.6 Å². The Morgan fingerprint density at radius 3 is 2.41 bits per heavy atom. The van der Waals surface area contributed by atoms with Gasteiger partial charge in [0.15, 0.2) is 11.5 Å². The number of hydrogen-bond acceptors (Lipinski definition) is 6. The molecule has 0 atom stereocenters. The van der Waals surface area contributed by atoms with E-state index < -0.39 is 21.5 Å². The monoisotopic (exact) mass is 329 g/mol. The minimum absolute atomic E-state index is 0.0351. The summed E-state index contributed by atoms with van der Waals surface area (Å²) in [6.07, 6.45) is 0. The Labute approximate surface area is 129 Å². The van der Waals surface area contributed by atoms with Crippen LogP contribution in [0, 0.1) is 0 Å². The molecular formula is C14H19NO6S. The number of cyclic esters (lactones) is 1. The zero-order chi connectivity index (χ0) is 16.5. The Balaban J connectivity index is 2.48. The van der Waals surface area contributed by atoms with E-state index in [9.17, 15) is 13.2 Å². The minimum atomic E-state index is -3.86. The number of carbonyl (C=O) groups is 1. The number of rotatable bonds is 4. The molecule has 0 spiro atoms. The van der Waals surface area contributed by atoms with Crippen molar-refractivity contribution >= 4 is 16.0 Å². The lowest BCUT2D eigenvalue weighted by Crippen LogP contribution is -2.58. The van der Waals surface area contributed by atoms with Gasteiger partial charge in [-0.1, -0.05) is 0 Å². The fraction of sp³-hybridized carbons (Fsp3) is 0.500. The summed E-state index contributed by atoms with van der Waals surface area (Å²) in [4.78, 5) is 11.9. The van der Waals surface area contributed by atoms with Crippen LogP contribution in [0.4, 0.5) is 0 Å². The predicted octanol–water partition coefficient (Wildman–Crippen LogP) is 1.03. The Morgan fingerprint density at radius 2 is 1.82 bits per heavy atom. The Morgan fingerprint density at radius 1 is 1.18 bits per heavy atom. The van der Waals surface area contributed by atoms with E-state index in [4.69, 9.17) is 14.2 Å². The van der Waals surface area contributed by atoms with Crippen molar-refractivity contribution in [1.82, 2.24) is 4.31 Å².